The summed E-state index contributed by atoms with van der Waals surface area (Å²) < 4.78 is 0. The van der Waals surface area contributed by atoms with E-state index in [1.807, 2.05) is 30.5 Å². The molecule has 3 rings (SSSR count). The molecule has 0 fully saturated rings. The molecule has 0 aliphatic rings. The number of anilines is 1. The number of rotatable bonds is 2. The minimum atomic E-state index is -0.991. The van der Waals surface area contributed by atoms with E-state index in [0.717, 1.165) is 21.3 Å². The molecule has 0 aliphatic heterocycles. The van der Waals surface area contributed by atoms with E-state index >= 15 is 0 Å². The quantitative estimate of drug-likeness (QED) is 0.660. The van der Waals surface area contributed by atoms with Crippen LogP contribution in [0.2, 0.25) is 0 Å². The monoisotopic (exact) mass is 258 g/mol. The summed E-state index contributed by atoms with van der Waals surface area (Å²) in [7, 11) is 0. The topological polar surface area (TPSA) is 79.1 Å². The van der Waals surface area contributed by atoms with Gasteiger partial charge in [-0.1, -0.05) is 18.2 Å². The maximum atomic E-state index is 11.0. The Kier molecular flexibility index (Phi) is 2.34. The zero-order valence-electron chi connectivity index (χ0n) is 9.31. The summed E-state index contributed by atoms with van der Waals surface area (Å²) in [5, 5.41) is 10.4. The molecule has 0 spiro atoms. The van der Waals surface area contributed by atoms with Crippen LogP contribution in [0.3, 0.4) is 0 Å². The Bertz CT molecular complexity index is 742. The number of nitrogens with two attached hydrogens (primary N) is 1. The van der Waals surface area contributed by atoms with Crippen LogP contribution in [-0.4, -0.2) is 16.1 Å². The van der Waals surface area contributed by atoms with Crippen molar-refractivity contribution < 1.29 is 9.90 Å². The van der Waals surface area contributed by atoms with Crippen LogP contribution in [0.1, 0.15) is 10.4 Å². The van der Waals surface area contributed by atoms with E-state index in [1.165, 1.54) is 11.3 Å². The van der Waals surface area contributed by atoms with Crippen LogP contribution in [0.25, 0.3) is 21.3 Å². The van der Waals surface area contributed by atoms with Crippen LogP contribution in [0, 0.1) is 0 Å². The highest BCUT2D eigenvalue weighted by molar-refractivity contribution is 7.19. The van der Waals surface area contributed by atoms with E-state index in [-0.39, 0.29) is 5.56 Å². The third-order valence-electron chi connectivity index (χ3n) is 2.85. The van der Waals surface area contributed by atoms with Gasteiger partial charge in [-0.2, -0.15) is 0 Å². The Morgan fingerprint density at radius 3 is 2.83 bits per heavy atom. The Labute approximate surface area is 107 Å². The molecule has 4 N–H and O–H groups in total. The minimum absolute atomic E-state index is 0.167. The van der Waals surface area contributed by atoms with Crippen molar-refractivity contribution in [2.45, 2.75) is 0 Å². The first-order valence-corrected chi connectivity index (χ1v) is 6.17. The lowest BCUT2D eigenvalue weighted by molar-refractivity contribution is 0.0698. The maximum Gasteiger partial charge on any atom is 0.338 e. The molecule has 90 valence electrons. The van der Waals surface area contributed by atoms with Gasteiger partial charge < -0.3 is 15.8 Å². The molecular formula is C13H10N2O2S. The van der Waals surface area contributed by atoms with Crippen LogP contribution in [-0.2, 0) is 0 Å². The Balaban J connectivity index is 2.20. The molecule has 5 heteroatoms. The number of aromatic carboxylic acids is 1. The number of carboxylic acids is 1. The molecule has 0 bridgehead atoms. The van der Waals surface area contributed by atoms with Gasteiger partial charge in [-0.25, -0.2) is 4.79 Å². The lowest BCUT2D eigenvalue weighted by atomic mass is 10.1. The first-order valence-electron chi connectivity index (χ1n) is 5.36. The number of hydrogen-bond donors (Lipinski definition) is 3. The largest absolute Gasteiger partial charge is 0.478 e. The van der Waals surface area contributed by atoms with Gasteiger partial charge in [0.25, 0.3) is 0 Å². The summed E-state index contributed by atoms with van der Waals surface area (Å²) in [6, 6.07) is 9.51. The van der Waals surface area contributed by atoms with Crippen LogP contribution < -0.4 is 5.73 Å². The number of nitrogen functional groups attached to an aromatic ring is 1. The van der Waals surface area contributed by atoms with Crippen molar-refractivity contribution in [1.29, 1.82) is 0 Å². The molecule has 0 saturated heterocycles. The fraction of sp³-hybridized carbons (Fsp3) is 0. The highest BCUT2D eigenvalue weighted by Crippen LogP contribution is 2.37. The average molecular weight is 258 g/mol. The van der Waals surface area contributed by atoms with E-state index in [0.29, 0.717) is 5.00 Å². The van der Waals surface area contributed by atoms with E-state index in [1.54, 1.807) is 6.07 Å². The zero-order valence-corrected chi connectivity index (χ0v) is 10.1. The van der Waals surface area contributed by atoms with Crippen molar-refractivity contribution in [3.63, 3.8) is 0 Å². The smallest absolute Gasteiger partial charge is 0.338 e. The number of nitrogens with one attached hydrogen (secondary N) is 1. The second-order valence-electron chi connectivity index (χ2n) is 3.94. The van der Waals surface area contributed by atoms with Crippen LogP contribution in [0.5, 0.6) is 0 Å². The highest BCUT2D eigenvalue weighted by atomic mass is 32.1. The third-order valence-corrected chi connectivity index (χ3v) is 3.84. The fourth-order valence-corrected chi connectivity index (χ4v) is 2.93. The minimum Gasteiger partial charge on any atom is -0.478 e. The second kappa shape index (κ2) is 3.89. The Morgan fingerprint density at radius 1 is 1.33 bits per heavy atom. The summed E-state index contributed by atoms with van der Waals surface area (Å²) in [5.74, 6) is -0.991. The van der Waals surface area contributed by atoms with Crippen molar-refractivity contribution >= 4 is 33.2 Å². The Hall–Kier alpha value is -2.27. The zero-order chi connectivity index (χ0) is 12.7. The van der Waals surface area contributed by atoms with Crippen molar-refractivity contribution in [1.82, 2.24) is 4.98 Å². The van der Waals surface area contributed by atoms with Crippen molar-refractivity contribution in [2.75, 3.05) is 5.73 Å². The third kappa shape index (κ3) is 1.56. The van der Waals surface area contributed by atoms with Gasteiger partial charge in [0.1, 0.15) is 5.00 Å². The van der Waals surface area contributed by atoms with Crippen LogP contribution in [0.15, 0.2) is 36.5 Å². The van der Waals surface area contributed by atoms with E-state index in [9.17, 15) is 4.79 Å². The summed E-state index contributed by atoms with van der Waals surface area (Å²) in [5.41, 5.74) is 7.89. The molecule has 1 aromatic carbocycles. The van der Waals surface area contributed by atoms with Gasteiger partial charge in [0.2, 0.25) is 0 Å². The number of carbonyl (C=O) groups is 1. The number of aromatic nitrogens is 1. The molecule has 0 amide bonds. The number of fused-ring (bicyclic) bond motifs is 1. The number of benzene rings is 1. The van der Waals surface area contributed by atoms with Gasteiger partial charge >= 0.3 is 5.97 Å². The predicted octanol–water partition coefficient (Wildman–Crippen LogP) is 3.18. The second-order valence-corrected chi connectivity index (χ2v) is 5.03. The number of aromatic amines is 1. The van der Waals surface area contributed by atoms with Gasteiger partial charge in [0, 0.05) is 27.5 Å². The van der Waals surface area contributed by atoms with Crippen molar-refractivity contribution in [2.24, 2.45) is 0 Å². The van der Waals surface area contributed by atoms with Crippen molar-refractivity contribution in [3.8, 4) is 10.4 Å². The number of para-hydroxylation sites is 1. The molecule has 2 aromatic heterocycles. The van der Waals surface area contributed by atoms with Gasteiger partial charge in [0.15, 0.2) is 0 Å². The van der Waals surface area contributed by atoms with E-state index in [2.05, 4.69) is 4.98 Å². The number of hydrogen-bond acceptors (Lipinski definition) is 3. The first-order chi connectivity index (χ1) is 8.66. The SMILES string of the molecule is Nc1sc(-c2c[nH]c3ccccc23)cc1C(=O)O. The normalized spacial score (nSPS) is 10.9. The average Bonchev–Trinajstić information content (AvgIpc) is 2.92. The molecule has 0 radical (unpaired) electrons. The lowest BCUT2D eigenvalue weighted by Crippen LogP contribution is -1.97. The number of thiophene rings is 1. The molecule has 4 nitrogen and oxygen atoms in total. The molecule has 3 aromatic rings. The number of carboxylic acid groups (broad SMARTS) is 1. The Morgan fingerprint density at radius 2 is 2.11 bits per heavy atom. The van der Waals surface area contributed by atoms with Crippen molar-refractivity contribution in [3.05, 3.63) is 42.1 Å². The molecule has 2 heterocycles. The lowest BCUT2D eigenvalue weighted by Gasteiger charge is -1.93. The van der Waals surface area contributed by atoms with Gasteiger partial charge in [0.05, 0.1) is 5.56 Å². The standard InChI is InChI=1S/C13H10N2O2S/c14-12-8(13(16)17)5-11(18-12)9-6-15-10-4-2-1-3-7(9)10/h1-6,15H,14H2,(H,16,17). The maximum absolute atomic E-state index is 11.0. The number of H-pyrrole nitrogens is 1. The summed E-state index contributed by atoms with van der Waals surface area (Å²) in [6.45, 7) is 0. The van der Waals surface area contributed by atoms with Crippen LogP contribution in [0.4, 0.5) is 5.00 Å². The van der Waals surface area contributed by atoms with Gasteiger partial charge in [-0.3, -0.25) is 0 Å². The summed E-state index contributed by atoms with van der Waals surface area (Å²) in [6.07, 6.45) is 1.88. The molecule has 0 saturated carbocycles. The molecule has 0 atom stereocenters. The van der Waals surface area contributed by atoms with Gasteiger partial charge in [-0.05, 0) is 12.1 Å². The summed E-state index contributed by atoms with van der Waals surface area (Å²) in [4.78, 5) is 15.0. The fourth-order valence-electron chi connectivity index (χ4n) is 1.98. The van der Waals surface area contributed by atoms with E-state index < -0.39 is 5.97 Å². The highest BCUT2D eigenvalue weighted by Gasteiger charge is 2.15. The predicted molar refractivity (Wildman–Crippen MR) is 73.0 cm³/mol. The molecular weight excluding hydrogens is 248 g/mol. The first kappa shape index (κ1) is 10.9. The molecule has 0 unspecified atom stereocenters. The van der Waals surface area contributed by atoms with E-state index in [4.69, 9.17) is 10.8 Å². The summed E-state index contributed by atoms with van der Waals surface area (Å²) >= 11 is 1.29. The van der Waals surface area contributed by atoms with Gasteiger partial charge in [-0.15, -0.1) is 11.3 Å². The molecule has 18 heavy (non-hydrogen) atoms. The van der Waals surface area contributed by atoms with Crippen LogP contribution >= 0.6 is 11.3 Å². The molecule has 0 aliphatic carbocycles.